The zero-order valence-electron chi connectivity index (χ0n) is 19.8. The van der Waals surface area contributed by atoms with Crippen LogP contribution in [0.3, 0.4) is 0 Å². The van der Waals surface area contributed by atoms with Crippen molar-refractivity contribution in [1.82, 2.24) is 20.2 Å². The molecule has 0 spiro atoms. The molecule has 6 heteroatoms. The van der Waals surface area contributed by atoms with Crippen LogP contribution in [0.4, 0.5) is 0 Å². The SMILES string of the molecule is O=C1NCCCc2nc3c(ccc4c[nH]c(C=Cc5cccc(CCN6CCOCC6)c5)cc43)c21. The predicted octanol–water partition coefficient (Wildman–Crippen LogP) is 4.44. The van der Waals surface area contributed by atoms with Crippen molar-refractivity contribution in [3.05, 3.63) is 76.7 Å². The van der Waals surface area contributed by atoms with Crippen molar-refractivity contribution < 1.29 is 9.53 Å². The molecule has 4 heterocycles. The molecule has 1 saturated heterocycles. The van der Waals surface area contributed by atoms with Crippen molar-refractivity contribution in [2.45, 2.75) is 19.3 Å². The van der Waals surface area contributed by atoms with Crippen LogP contribution in [0.25, 0.3) is 33.8 Å². The smallest absolute Gasteiger partial charge is 0.253 e. The second-order valence-corrected chi connectivity index (χ2v) is 9.43. The third-order valence-corrected chi connectivity index (χ3v) is 7.08. The number of aromatic amines is 1. The molecule has 178 valence electrons. The van der Waals surface area contributed by atoms with Gasteiger partial charge in [-0.05, 0) is 47.9 Å². The van der Waals surface area contributed by atoms with E-state index in [2.05, 4.69) is 63.8 Å². The highest BCUT2D eigenvalue weighted by atomic mass is 16.5. The highest BCUT2D eigenvalue weighted by Gasteiger charge is 2.22. The lowest BCUT2D eigenvalue weighted by Crippen LogP contribution is -2.37. The summed E-state index contributed by atoms with van der Waals surface area (Å²) in [5.74, 6) is -0.00420. The lowest BCUT2D eigenvalue weighted by atomic mass is 10.0. The van der Waals surface area contributed by atoms with Crippen molar-refractivity contribution in [2.24, 2.45) is 0 Å². The molecule has 6 nitrogen and oxygen atoms in total. The highest BCUT2D eigenvalue weighted by molar-refractivity contribution is 6.15. The number of rotatable bonds is 5. The molecule has 2 aliphatic rings. The van der Waals surface area contributed by atoms with Gasteiger partial charge in [-0.3, -0.25) is 14.7 Å². The van der Waals surface area contributed by atoms with Crippen molar-refractivity contribution in [1.29, 1.82) is 0 Å². The molecule has 4 aromatic rings. The summed E-state index contributed by atoms with van der Waals surface area (Å²) in [4.78, 5) is 23.4. The van der Waals surface area contributed by atoms with Crippen molar-refractivity contribution >= 4 is 39.7 Å². The minimum Gasteiger partial charge on any atom is -0.379 e. The van der Waals surface area contributed by atoms with Crippen LogP contribution in [-0.2, 0) is 17.6 Å². The fourth-order valence-corrected chi connectivity index (χ4v) is 5.15. The Bertz CT molecular complexity index is 1420. The van der Waals surface area contributed by atoms with Gasteiger partial charge < -0.3 is 15.0 Å². The van der Waals surface area contributed by atoms with E-state index >= 15 is 0 Å². The van der Waals surface area contributed by atoms with Crippen LogP contribution in [0.1, 0.15) is 39.3 Å². The van der Waals surface area contributed by atoms with Crippen molar-refractivity contribution in [3.8, 4) is 0 Å². The van der Waals surface area contributed by atoms with Crippen LogP contribution in [0.5, 0.6) is 0 Å². The minimum atomic E-state index is -0.00420. The molecule has 2 aromatic carbocycles. The van der Waals surface area contributed by atoms with Crippen molar-refractivity contribution in [2.75, 3.05) is 39.4 Å². The van der Waals surface area contributed by atoms with Gasteiger partial charge in [0.15, 0.2) is 0 Å². The summed E-state index contributed by atoms with van der Waals surface area (Å²) in [6, 6.07) is 15.0. The average molecular weight is 467 g/mol. The van der Waals surface area contributed by atoms with E-state index in [1.165, 1.54) is 11.1 Å². The van der Waals surface area contributed by atoms with Crippen molar-refractivity contribution in [3.63, 3.8) is 0 Å². The van der Waals surface area contributed by atoms with Gasteiger partial charge in [0.1, 0.15) is 0 Å². The van der Waals surface area contributed by atoms with Gasteiger partial charge in [0, 0.05) is 48.8 Å². The molecule has 1 amide bonds. The second-order valence-electron chi connectivity index (χ2n) is 9.43. The lowest BCUT2D eigenvalue weighted by Gasteiger charge is -2.26. The quantitative estimate of drug-likeness (QED) is 0.456. The molecule has 2 aromatic heterocycles. The number of nitrogens with zero attached hydrogens (tertiary/aromatic N) is 2. The van der Waals surface area contributed by atoms with Gasteiger partial charge in [0.25, 0.3) is 5.91 Å². The first kappa shape index (κ1) is 22.0. The Hall–Kier alpha value is -3.48. The van der Waals surface area contributed by atoms with E-state index in [1.54, 1.807) is 0 Å². The second kappa shape index (κ2) is 9.64. The number of nitrogens with one attached hydrogen (secondary N) is 2. The number of aryl methyl sites for hydroxylation is 1. The Morgan fingerprint density at radius 2 is 1.97 bits per heavy atom. The molecular weight excluding hydrogens is 436 g/mol. The summed E-state index contributed by atoms with van der Waals surface area (Å²) in [6.07, 6.45) is 9.08. The van der Waals surface area contributed by atoms with Crippen LogP contribution in [-0.4, -0.2) is 60.2 Å². The normalized spacial score (nSPS) is 17.1. The van der Waals surface area contributed by atoms with E-state index in [1.807, 2.05) is 12.3 Å². The highest BCUT2D eigenvalue weighted by Crippen LogP contribution is 2.31. The van der Waals surface area contributed by atoms with E-state index in [0.717, 1.165) is 90.7 Å². The van der Waals surface area contributed by atoms with E-state index < -0.39 is 0 Å². The van der Waals surface area contributed by atoms with Gasteiger partial charge in [-0.25, -0.2) is 0 Å². The van der Waals surface area contributed by atoms with Gasteiger partial charge in [0.05, 0.1) is 30.0 Å². The maximum Gasteiger partial charge on any atom is 0.253 e. The predicted molar refractivity (Wildman–Crippen MR) is 141 cm³/mol. The van der Waals surface area contributed by atoms with Crippen LogP contribution in [0.2, 0.25) is 0 Å². The Labute approximate surface area is 205 Å². The maximum atomic E-state index is 12.6. The molecular formula is C29H30N4O2. The molecule has 1 fully saturated rings. The number of amides is 1. The average Bonchev–Trinajstić information content (AvgIpc) is 3.18. The molecule has 0 bridgehead atoms. The summed E-state index contributed by atoms with van der Waals surface area (Å²) in [6.45, 7) is 5.51. The Morgan fingerprint density at radius 1 is 1.06 bits per heavy atom. The van der Waals surface area contributed by atoms with Gasteiger partial charge >= 0.3 is 0 Å². The number of H-pyrrole nitrogens is 1. The summed E-state index contributed by atoms with van der Waals surface area (Å²) >= 11 is 0. The number of carbonyl (C=O) groups excluding carboxylic acids is 1. The van der Waals surface area contributed by atoms with Gasteiger partial charge in [-0.1, -0.05) is 42.5 Å². The number of hydrogen-bond acceptors (Lipinski definition) is 4. The fraction of sp³-hybridized carbons (Fsp3) is 0.310. The van der Waals surface area contributed by atoms with Crippen LogP contribution < -0.4 is 5.32 Å². The summed E-state index contributed by atoms with van der Waals surface area (Å²) in [7, 11) is 0. The molecule has 2 N–H and O–H groups in total. The third kappa shape index (κ3) is 4.59. The number of morpholine rings is 1. The number of benzene rings is 2. The van der Waals surface area contributed by atoms with E-state index in [-0.39, 0.29) is 5.91 Å². The number of ether oxygens (including phenoxy) is 1. The standard InChI is InChI=1S/C29H30N4O2/c34-29-27-24-9-7-22-19-31-23(18-25(22)28(24)32-26(27)5-2-11-30-29)8-6-20-3-1-4-21(17-20)10-12-33-13-15-35-16-14-33/h1,3-4,6-9,17-19,31H,2,5,10-16H2,(H,30,34). The van der Waals surface area contributed by atoms with E-state index in [4.69, 9.17) is 9.72 Å². The van der Waals surface area contributed by atoms with Crippen LogP contribution in [0.15, 0.2) is 48.7 Å². The summed E-state index contributed by atoms with van der Waals surface area (Å²) in [5, 5.41) is 6.11. The fourth-order valence-electron chi connectivity index (χ4n) is 5.15. The number of aromatic nitrogens is 2. The first-order valence-corrected chi connectivity index (χ1v) is 12.5. The van der Waals surface area contributed by atoms with E-state index in [9.17, 15) is 4.79 Å². The zero-order chi connectivity index (χ0) is 23.6. The summed E-state index contributed by atoms with van der Waals surface area (Å²) in [5.41, 5.74) is 6.12. The molecule has 0 saturated carbocycles. The zero-order valence-corrected chi connectivity index (χ0v) is 19.8. The topological polar surface area (TPSA) is 70.2 Å². The van der Waals surface area contributed by atoms with Gasteiger partial charge in [0.2, 0.25) is 0 Å². The minimum absolute atomic E-state index is 0.00420. The Kier molecular flexibility index (Phi) is 6.06. The number of carbonyl (C=O) groups is 1. The Morgan fingerprint density at radius 3 is 2.89 bits per heavy atom. The number of pyridine rings is 1. The molecule has 35 heavy (non-hydrogen) atoms. The third-order valence-electron chi connectivity index (χ3n) is 7.08. The van der Waals surface area contributed by atoms with Gasteiger partial charge in [-0.2, -0.15) is 0 Å². The molecule has 0 aliphatic carbocycles. The molecule has 0 unspecified atom stereocenters. The lowest BCUT2D eigenvalue weighted by molar-refractivity contribution is 0.0384. The number of fused-ring (bicyclic) bond motifs is 5. The molecule has 0 atom stereocenters. The maximum absolute atomic E-state index is 12.6. The largest absolute Gasteiger partial charge is 0.379 e. The van der Waals surface area contributed by atoms with Gasteiger partial charge in [-0.15, -0.1) is 0 Å². The molecule has 0 radical (unpaired) electrons. The Balaban J connectivity index is 1.26. The first-order valence-electron chi connectivity index (χ1n) is 12.5. The molecule has 6 rings (SSSR count). The van der Waals surface area contributed by atoms with Crippen LogP contribution >= 0.6 is 0 Å². The monoisotopic (exact) mass is 466 g/mol. The first-order chi connectivity index (χ1) is 17.2. The molecule has 2 aliphatic heterocycles. The van der Waals surface area contributed by atoms with Crippen LogP contribution in [0, 0.1) is 0 Å². The number of hydrogen-bond donors (Lipinski definition) is 2. The summed E-state index contributed by atoms with van der Waals surface area (Å²) < 4.78 is 5.45. The van der Waals surface area contributed by atoms with E-state index in [0.29, 0.717) is 6.54 Å².